The van der Waals surface area contributed by atoms with Crippen molar-refractivity contribution in [2.45, 2.75) is 33.4 Å². The number of thiophene rings is 1. The molecule has 0 atom stereocenters. The summed E-state index contributed by atoms with van der Waals surface area (Å²) in [5.74, 6) is -0.0776. The van der Waals surface area contributed by atoms with Gasteiger partial charge >= 0.3 is 0 Å². The van der Waals surface area contributed by atoms with Crippen LogP contribution in [-0.4, -0.2) is 10.5 Å². The van der Waals surface area contributed by atoms with Crippen molar-refractivity contribution in [1.29, 1.82) is 0 Å². The molecule has 6 heteroatoms. The Balaban J connectivity index is 2.06. The van der Waals surface area contributed by atoms with Crippen LogP contribution < -0.4 is 16.2 Å². The van der Waals surface area contributed by atoms with Gasteiger partial charge in [0, 0.05) is 30.6 Å². The van der Waals surface area contributed by atoms with Gasteiger partial charge in [0.15, 0.2) is 0 Å². The van der Waals surface area contributed by atoms with E-state index in [1.807, 2.05) is 24.6 Å². The number of nitrogens with zero attached hydrogens (tertiary/aromatic N) is 1. The predicted octanol–water partition coefficient (Wildman–Crippen LogP) is 2.89. The first-order chi connectivity index (χ1) is 10.1. The Labute approximate surface area is 127 Å². The number of hydrogen-bond acceptors (Lipinski definition) is 4. The quantitative estimate of drug-likeness (QED) is 0.862. The molecule has 0 unspecified atom stereocenters. The molecule has 0 saturated heterocycles. The van der Waals surface area contributed by atoms with Crippen molar-refractivity contribution in [3.05, 3.63) is 45.0 Å². The van der Waals surface area contributed by atoms with Gasteiger partial charge in [-0.2, -0.15) is 0 Å². The van der Waals surface area contributed by atoms with Gasteiger partial charge in [-0.05, 0) is 23.9 Å². The fraction of sp³-hybridized carbons (Fsp3) is 0.333. The molecule has 0 bridgehead atoms. The molecule has 0 aliphatic heterocycles. The Morgan fingerprint density at radius 1 is 1.33 bits per heavy atom. The number of carbonyl (C=O) groups excluding carboxylic acids is 1. The summed E-state index contributed by atoms with van der Waals surface area (Å²) in [7, 11) is 0. The number of anilines is 2. The van der Waals surface area contributed by atoms with E-state index in [2.05, 4.69) is 10.6 Å². The molecule has 2 rings (SSSR count). The number of carbonyl (C=O) groups is 1. The molecule has 2 aromatic rings. The van der Waals surface area contributed by atoms with E-state index in [0.717, 1.165) is 22.7 Å². The van der Waals surface area contributed by atoms with Gasteiger partial charge in [-0.3, -0.25) is 9.59 Å². The molecule has 0 spiro atoms. The molecule has 0 aromatic carbocycles. The lowest BCUT2D eigenvalue weighted by molar-refractivity contribution is -0.114. The zero-order chi connectivity index (χ0) is 15.2. The van der Waals surface area contributed by atoms with Crippen LogP contribution in [0.2, 0.25) is 0 Å². The summed E-state index contributed by atoms with van der Waals surface area (Å²) < 4.78 is 1.70. The first-order valence-corrected chi connectivity index (χ1v) is 7.76. The molecule has 5 nitrogen and oxygen atoms in total. The van der Waals surface area contributed by atoms with Gasteiger partial charge < -0.3 is 15.2 Å². The van der Waals surface area contributed by atoms with Crippen LogP contribution in [0.1, 0.15) is 25.1 Å². The van der Waals surface area contributed by atoms with Crippen molar-refractivity contribution in [3.63, 3.8) is 0 Å². The molecular formula is C15H19N3O2S. The molecule has 2 aromatic heterocycles. The third kappa shape index (κ3) is 4.19. The molecule has 21 heavy (non-hydrogen) atoms. The van der Waals surface area contributed by atoms with E-state index in [9.17, 15) is 9.59 Å². The molecule has 2 heterocycles. The highest BCUT2D eigenvalue weighted by Crippen LogP contribution is 2.23. The standard InChI is InChI=1S/C15H19N3O2S/c1-3-7-18-10-12(4-5-15(18)20)16-9-14-13(6-8-21-14)17-11(2)19/h4-6,8,10,16H,3,7,9H2,1-2H3,(H,17,19). The number of aromatic nitrogens is 1. The van der Waals surface area contributed by atoms with Gasteiger partial charge in [0.05, 0.1) is 17.9 Å². The zero-order valence-corrected chi connectivity index (χ0v) is 13.0. The molecule has 0 radical (unpaired) electrons. The maximum Gasteiger partial charge on any atom is 0.250 e. The Hall–Kier alpha value is -2.08. The molecule has 0 saturated carbocycles. The first kappa shape index (κ1) is 15.3. The Bertz CT molecular complexity index is 676. The van der Waals surface area contributed by atoms with Crippen molar-refractivity contribution in [1.82, 2.24) is 4.57 Å². The summed E-state index contributed by atoms with van der Waals surface area (Å²) >= 11 is 1.58. The number of hydrogen-bond donors (Lipinski definition) is 2. The van der Waals surface area contributed by atoms with E-state index in [1.54, 1.807) is 28.0 Å². The van der Waals surface area contributed by atoms with Gasteiger partial charge in [-0.25, -0.2) is 0 Å². The van der Waals surface area contributed by atoms with E-state index >= 15 is 0 Å². The summed E-state index contributed by atoms with van der Waals surface area (Å²) in [6.45, 7) is 4.86. The van der Waals surface area contributed by atoms with Crippen LogP contribution in [0.3, 0.4) is 0 Å². The van der Waals surface area contributed by atoms with E-state index in [0.29, 0.717) is 13.1 Å². The zero-order valence-electron chi connectivity index (χ0n) is 12.2. The van der Waals surface area contributed by atoms with Crippen molar-refractivity contribution in [3.8, 4) is 0 Å². The van der Waals surface area contributed by atoms with Gasteiger partial charge in [0.2, 0.25) is 5.91 Å². The molecule has 112 valence electrons. The van der Waals surface area contributed by atoms with Crippen LogP contribution in [0.25, 0.3) is 0 Å². The molecule has 0 fully saturated rings. The summed E-state index contributed by atoms with van der Waals surface area (Å²) in [6, 6.07) is 5.24. The summed E-state index contributed by atoms with van der Waals surface area (Å²) in [6.07, 6.45) is 2.75. The highest BCUT2D eigenvalue weighted by Gasteiger charge is 2.06. The summed E-state index contributed by atoms with van der Waals surface area (Å²) in [4.78, 5) is 23.8. The smallest absolute Gasteiger partial charge is 0.250 e. The SMILES string of the molecule is CCCn1cc(NCc2sccc2NC(C)=O)ccc1=O. The normalized spacial score (nSPS) is 10.4. The molecule has 0 aliphatic rings. The molecule has 1 amide bonds. The molecular weight excluding hydrogens is 286 g/mol. The second-order valence-corrected chi connectivity index (χ2v) is 5.74. The second-order valence-electron chi connectivity index (χ2n) is 4.74. The van der Waals surface area contributed by atoms with E-state index in [4.69, 9.17) is 0 Å². The van der Waals surface area contributed by atoms with E-state index < -0.39 is 0 Å². The van der Waals surface area contributed by atoms with Crippen molar-refractivity contribution in [2.24, 2.45) is 0 Å². The minimum atomic E-state index is -0.0776. The van der Waals surface area contributed by atoms with E-state index in [-0.39, 0.29) is 11.5 Å². The third-order valence-electron chi connectivity index (χ3n) is 2.96. The summed E-state index contributed by atoms with van der Waals surface area (Å²) in [5.41, 5.74) is 1.74. The topological polar surface area (TPSA) is 63.1 Å². The number of rotatable bonds is 6. The molecule has 0 aliphatic carbocycles. The van der Waals surface area contributed by atoms with Gasteiger partial charge in [0.25, 0.3) is 5.56 Å². The lowest BCUT2D eigenvalue weighted by Gasteiger charge is -2.10. The lowest BCUT2D eigenvalue weighted by atomic mass is 10.3. The van der Waals surface area contributed by atoms with Crippen molar-refractivity contribution < 1.29 is 4.79 Å². The number of amides is 1. The average molecular weight is 305 g/mol. The lowest BCUT2D eigenvalue weighted by Crippen LogP contribution is -2.18. The van der Waals surface area contributed by atoms with Crippen LogP contribution in [0.15, 0.2) is 34.6 Å². The molecule has 2 N–H and O–H groups in total. The monoisotopic (exact) mass is 305 g/mol. The van der Waals surface area contributed by atoms with Crippen molar-refractivity contribution in [2.75, 3.05) is 10.6 Å². The number of nitrogens with one attached hydrogen (secondary N) is 2. The predicted molar refractivity (Wildman–Crippen MR) is 86.9 cm³/mol. The Morgan fingerprint density at radius 3 is 2.86 bits per heavy atom. The minimum absolute atomic E-state index is 0.0115. The largest absolute Gasteiger partial charge is 0.379 e. The number of pyridine rings is 1. The van der Waals surface area contributed by atoms with Gasteiger partial charge in [0.1, 0.15) is 0 Å². The van der Waals surface area contributed by atoms with Crippen LogP contribution in [0.4, 0.5) is 11.4 Å². The summed E-state index contributed by atoms with van der Waals surface area (Å²) in [5, 5.41) is 8.04. The Morgan fingerprint density at radius 2 is 2.14 bits per heavy atom. The average Bonchev–Trinajstić information content (AvgIpc) is 2.86. The van der Waals surface area contributed by atoms with E-state index in [1.165, 1.54) is 6.92 Å². The highest BCUT2D eigenvalue weighted by atomic mass is 32.1. The van der Waals surface area contributed by atoms with Crippen LogP contribution in [0.5, 0.6) is 0 Å². The first-order valence-electron chi connectivity index (χ1n) is 6.88. The van der Waals surface area contributed by atoms with Crippen LogP contribution in [0, 0.1) is 0 Å². The fourth-order valence-corrected chi connectivity index (χ4v) is 2.78. The van der Waals surface area contributed by atoms with Crippen LogP contribution >= 0.6 is 11.3 Å². The van der Waals surface area contributed by atoms with Crippen LogP contribution in [-0.2, 0) is 17.9 Å². The second kappa shape index (κ2) is 7.08. The minimum Gasteiger partial charge on any atom is -0.379 e. The number of aryl methyl sites for hydroxylation is 1. The van der Waals surface area contributed by atoms with Gasteiger partial charge in [-0.1, -0.05) is 6.92 Å². The highest BCUT2D eigenvalue weighted by molar-refractivity contribution is 7.10. The Kier molecular flexibility index (Phi) is 5.16. The van der Waals surface area contributed by atoms with Crippen molar-refractivity contribution >= 4 is 28.6 Å². The van der Waals surface area contributed by atoms with Gasteiger partial charge in [-0.15, -0.1) is 11.3 Å². The third-order valence-corrected chi connectivity index (χ3v) is 3.88. The maximum absolute atomic E-state index is 11.7. The maximum atomic E-state index is 11.7. The fourth-order valence-electron chi connectivity index (χ4n) is 2.01.